The number of carbonyl (C=O) groups is 2. The van der Waals surface area contributed by atoms with E-state index in [9.17, 15) is 9.59 Å². The maximum atomic E-state index is 9.80. The largest absolute Gasteiger partial charge is 0.478 e. The summed E-state index contributed by atoms with van der Waals surface area (Å²) in [6.07, 6.45) is 4.46. The van der Waals surface area contributed by atoms with Gasteiger partial charge < -0.3 is 15.2 Å². The number of hydrogen-bond donors (Lipinski definition) is 2. The van der Waals surface area contributed by atoms with E-state index in [1.807, 2.05) is 0 Å². The molecule has 1 aliphatic heterocycles. The van der Waals surface area contributed by atoms with Crippen molar-refractivity contribution in [3.8, 4) is 0 Å². The monoisotopic (exact) mass is 215 g/mol. The maximum Gasteiger partial charge on any atom is 0.327 e. The number of carboxylic acids is 1. The molecule has 0 saturated carbocycles. The molecule has 1 atom stereocenters. The normalized spacial score (nSPS) is 19.3. The van der Waals surface area contributed by atoms with E-state index in [1.165, 1.54) is 12.8 Å². The lowest BCUT2D eigenvalue weighted by Crippen LogP contribution is -2.37. The maximum absolute atomic E-state index is 9.80. The van der Waals surface area contributed by atoms with Gasteiger partial charge in [0.2, 0.25) is 0 Å². The van der Waals surface area contributed by atoms with Crippen molar-refractivity contribution >= 4 is 12.4 Å². The number of hydrogen-bond acceptors (Lipinski definition) is 4. The number of ether oxygens (including phenoxy) is 1. The second-order valence-corrected chi connectivity index (χ2v) is 3.12. The summed E-state index contributed by atoms with van der Waals surface area (Å²) in [7, 11) is 0. The molecule has 0 aromatic heterocycles. The molecular weight excluding hydrogens is 198 g/mol. The molecule has 1 aliphatic rings. The molecule has 0 amide bonds. The minimum atomic E-state index is -0.981. The summed E-state index contributed by atoms with van der Waals surface area (Å²) in [5, 5.41) is 10.9. The lowest BCUT2D eigenvalue weighted by atomic mass is 10.1. The molecule has 1 heterocycles. The van der Waals surface area contributed by atoms with E-state index in [2.05, 4.69) is 16.6 Å². The van der Waals surface area contributed by atoms with E-state index in [0.29, 0.717) is 19.1 Å². The van der Waals surface area contributed by atoms with E-state index >= 15 is 0 Å². The van der Waals surface area contributed by atoms with Gasteiger partial charge in [-0.2, -0.15) is 0 Å². The number of nitrogens with one attached hydrogen (secondary N) is 1. The topological polar surface area (TPSA) is 75.6 Å². The summed E-state index contributed by atoms with van der Waals surface area (Å²) >= 11 is 0. The van der Waals surface area contributed by atoms with Gasteiger partial charge in [0, 0.05) is 12.1 Å². The lowest BCUT2D eigenvalue weighted by molar-refractivity contribution is -0.131. The van der Waals surface area contributed by atoms with Crippen molar-refractivity contribution < 1.29 is 19.4 Å². The van der Waals surface area contributed by atoms with Crippen molar-refractivity contribution in [2.75, 3.05) is 13.2 Å². The standard InChI is InChI=1S/C7H13NO2.C3H4O2/c9-6-10-5-7-3-1-2-4-8-7;1-2-3(4)5/h6-8H,1-5H2;2H,1H2,(H,4,5). The third-order valence-corrected chi connectivity index (χ3v) is 1.95. The van der Waals surface area contributed by atoms with E-state index < -0.39 is 5.97 Å². The van der Waals surface area contributed by atoms with Gasteiger partial charge in [0.25, 0.3) is 6.47 Å². The molecule has 2 N–H and O–H groups in total. The molecule has 1 unspecified atom stereocenters. The molecular formula is C10H17NO4. The zero-order valence-electron chi connectivity index (χ0n) is 8.65. The molecule has 0 aliphatic carbocycles. The highest BCUT2D eigenvalue weighted by Crippen LogP contribution is 2.06. The fraction of sp³-hybridized carbons (Fsp3) is 0.600. The Kier molecular flexibility index (Phi) is 8.37. The number of rotatable bonds is 4. The van der Waals surface area contributed by atoms with Crippen LogP contribution in [-0.2, 0) is 14.3 Å². The van der Waals surface area contributed by atoms with Crippen LogP contribution < -0.4 is 5.32 Å². The van der Waals surface area contributed by atoms with Gasteiger partial charge in [-0.05, 0) is 19.4 Å². The van der Waals surface area contributed by atoms with Gasteiger partial charge >= 0.3 is 5.97 Å². The van der Waals surface area contributed by atoms with Crippen LogP contribution >= 0.6 is 0 Å². The van der Waals surface area contributed by atoms with Gasteiger partial charge in [-0.3, -0.25) is 4.79 Å². The van der Waals surface area contributed by atoms with Crippen LogP contribution in [0.2, 0.25) is 0 Å². The Morgan fingerprint density at radius 2 is 2.27 bits per heavy atom. The third kappa shape index (κ3) is 8.96. The van der Waals surface area contributed by atoms with E-state index in [0.717, 1.165) is 19.0 Å². The highest BCUT2D eigenvalue weighted by atomic mass is 16.5. The van der Waals surface area contributed by atoms with Gasteiger partial charge in [0.05, 0.1) is 0 Å². The molecule has 1 fully saturated rings. The first-order chi connectivity index (χ1) is 7.20. The van der Waals surface area contributed by atoms with Crippen molar-refractivity contribution in [1.29, 1.82) is 0 Å². The number of carboxylic acid groups (broad SMARTS) is 1. The first kappa shape index (κ1) is 13.6. The van der Waals surface area contributed by atoms with Crippen LogP contribution in [0, 0.1) is 0 Å². The van der Waals surface area contributed by atoms with E-state index in [1.54, 1.807) is 0 Å². The van der Waals surface area contributed by atoms with Crippen LogP contribution in [0.3, 0.4) is 0 Å². The first-order valence-corrected chi connectivity index (χ1v) is 4.84. The highest BCUT2D eigenvalue weighted by molar-refractivity contribution is 5.78. The summed E-state index contributed by atoms with van der Waals surface area (Å²) in [6.45, 7) is 5.06. The summed E-state index contributed by atoms with van der Waals surface area (Å²) in [4.78, 5) is 19.0. The Labute approximate surface area is 89.1 Å². The van der Waals surface area contributed by atoms with Crippen molar-refractivity contribution in [3.63, 3.8) is 0 Å². The quantitative estimate of drug-likeness (QED) is 0.529. The zero-order valence-corrected chi connectivity index (χ0v) is 8.65. The molecule has 0 bridgehead atoms. The summed E-state index contributed by atoms with van der Waals surface area (Å²) in [5.74, 6) is -0.981. The average molecular weight is 215 g/mol. The van der Waals surface area contributed by atoms with Gasteiger partial charge in [-0.25, -0.2) is 4.79 Å². The Bertz CT molecular complexity index is 200. The van der Waals surface area contributed by atoms with Crippen LogP contribution in [0.5, 0.6) is 0 Å². The average Bonchev–Trinajstić information content (AvgIpc) is 2.28. The first-order valence-electron chi connectivity index (χ1n) is 4.84. The second-order valence-electron chi connectivity index (χ2n) is 3.12. The molecule has 0 aromatic carbocycles. The van der Waals surface area contributed by atoms with Crippen molar-refractivity contribution in [2.24, 2.45) is 0 Å². The van der Waals surface area contributed by atoms with E-state index in [4.69, 9.17) is 5.11 Å². The molecule has 0 radical (unpaired) electrons. The summed E-state index contributed by atoms with van der Waals surface area (Å²) < 4.78 is 4.63. The molecule has 86 valence electrons. The van der Waals surface area contributed by atoms with Crippen LogP contribution in [0.1, 0.15) is 19.3 Å². The van der Waals surface area contributed by atoms with Crippen molar-refractivity contribution in [2.45, 2.75) is 25.3 Å². The summed E-state index contributed by atoms with van der Waals surface area (Å²) in [6, 6.07) is 0.402. The minimum Gasteiger partial charge on any atom is -0.478 e. The predicted molar refractivity (Wildman–Crippen MR) is 55.5 cm³/mol. The molecule has 5 heteroatoms. The molecule has 1 rings (SSSR count). The van der Waals surface area contributed by atoms with Crippen LogP contribution in [-0.4, -0.2) is 36.7 Å². The third-order valence-electron chi connectivity index (χ3n) is 1.95. The molecule has 0 aromatic rings. The summed E-state index contributed by atoms with van der Waals surface area (Å²) in [5.41, 5.74) is 0. The van der Waals surface area contributed by atoms with Gasteiger partial charge in [0.1, 0.15) is 6.61 Å². The molecule has 15 heavy (non-hydrogen) atoms. The van der Waals surface area contributed by atoms with Crippen molar-refractivity contribution in [3.05, 3.63) is 12.7 Å². The van der Waals surface area contributed by atoms with Crippen molar-refractivity contribution in [1.82, 2.24) is 5.32 Å². The number of piperidine rings is 1. The van der Waals surface area contributed by atoms with Gasteiger partial charge in [0.15, 0.2) is 0 Å². The molecule has 0 spiro atoms. The minimum absolute atomic E-state index is 0.402. The van der Waals surface area contributed by atoms with Crippen LogP contribution in [0.25, 0.3) is 0 Å². The van der Waals surface area contributed by atoms with Crippen LogP contribution in [0.15, 0.2) is 12.7 Å². The Morgan fingerprint density at radius 1 is 1.60 bits per heavy atom. The SMILES string of the molecule is C=CC(=O)O.O=COCC1CCCCN1. The fourth-order valence-corrected chi connectivity index (χ4v) is 1.22. The lowest BCUT2D eigenvalue weighted by Gasteiger charge is -2.21. The highest BCUT2D eigenvalue weighted by Gasteiger charge is 2.11. The van der Waals surface area contributed by atoms with Gasteiger partial charge in [-0.1, -0.05) is 13.0 Å². The van der Waals surface area contributed by atoms with Gasteiger partial charge in [-0.15, -0.1) is 0 Å². The second kappa shape index (κ2) is 9.21. The fourth-order valence-electron chi connectivity index (χ4n) is 1.22. The molecule has 1 saturated heterocycles. The number of aliphatic carboxylic acids is 1. The Morgan fingerprint density at radius 3 is 2.67 bits per heavy atom. The predicted octanol–water partition coefficient (Wildman–Crippen LogP) is 0.558. The number of carbonyl (C=O) groups excluding carboxylic acids is 1. The Hall–Kier alpha value is -1.36. The molecule has 5 nitrogen and oxygen atoms in total. The Balaban J connectivity index is 0.000000336. The zero-order chi connectivity index (χ0) is 11.5. The van der Waals surface area contributed by atoms with E-state index in [-0.39, 0.29) is 0 Å². The smallest absolute Gasteiger partial charge is 0.327 e. The van der Waals surface area contributed by atoms with Crippen LogP contribution in [0.4, 0.5) is 0 Å².